The molecule has 1 aliphatic rings. The maximum Gasteiger partial charge on any atom is 0.237 e. The van der Waals surface area contributed by atoms with Gasteiger partial charge in [-0.3, -0.25) is 9.59 Å². The summed E-state index contributed by atoms with van der Waals surface area (Å²) in [7, 11) is 0. The normalized spacial score (nSPS) is 21.8. The van der Waals surface area contributed by atoms with Crippen LogP contribution in [0.2, 0.25) is 0 Å². The highest BCUT2D eigenvalue weighted by Gasteiger charge is 2.39. The van der Waals surface area contributed by atoms with Gasteiger partial charge in [-0.25, -0.2) is 0 Å². The maximum atomic E-state index is 11.4. The lowest BCUT2D eigenvalue weighted by Gasteiger charge is -2.26. The van der Waals surface area contributed by atoms with E-state index >= 15 is 0 Å². The van der Waals surface area contributed by atoms with Crippen molar-refractivity contribution in [3.8, 4) is 0 Å². The highest BCUT2D eigenvalue weighted by Crippen LogP contribution is 2.23. The maximum absolute atomic E-state index is 11.4. The molecular formula is C8H11NO3. The second-order valence-corrected chi connectivity index (χ2v) is 3.26. The molecule has 0 bridgehead atoms. The van der Waals surface area contributed by atoms with Gasteiger partial charge in [-0.1, -0.05) is 0 Å². The summed E-state index contributed by atoms with van der Waals surface area (Å²) in [5, 5.41) is 11.2. The first kappa shape index (κ1) is 8.93. The lowest BCUT2D eigenvalue weighted by atomic mass is 9.81. The van der Waals surface area contributed by atoms with Crippen molar-refractivity contribution in [1.82, 2.24) is 5.32 Å². The number of amides is 1. The Kier molecular flexibility index (Phi) is 2.02. The molecule has 1 heterocycles. The van der Waals surface area contributed by atoms with E-state index in [2.05, 4.69) is 5.32 Å². The van der Waals surface area contributed by atoms with E-state index in [1.165, 1.54) is 20.0 Å². The monoisotopic (exact) mass is 169 g/mol. The summed E-state index contributed by atoms with van der Waals surface area (Å²) < 4.78 is 0. The molecule has 0 unspecified atom stereocenters. The topological polar surface area (TPSA) is 66.4 Å². The molecule has 66 valence electrons. The second kappa shape index (κ2) is 2.71. The van der Waals surface area contributed by atoms with Crippen LogP contribution in [0, 0.1) is 5.41 Å². The molecule has 1 amide bonds. The van der Waals surface area contributed by atoms with Gasteiger partial charge in [0.05, 0.1) is 6.61 Å². The molecule has 1 rings (SSSR count). The summed E-state index contributed by atoms with van der Waals surface area (Å²) in [4.78, 5) is 22.5. The van der Waals surface area contributed by atoms with E-state index in [0.29, 0.717) is 0 Å². The van der Waals surface area contributed by atoms with Crippen LogP contribution in [0.15, 0.2) is 11.8 Å². The average molecular weight is 169 g/mol. The van der Waals surface area contributed by atoms with Crippen molar-refractivity contribution in [2.75, 3.05) is 6.61 Å². The first-order valence-corrected chi connectivity index (χ1v) is 3.66. The molecule has 4 nitrogen and oxygen atoms in total. The van der Waals surface area contributed by atoms with Crippen LogP contribution in [0.4, 0.5) is 0 Å². The van der Waals surface area contributed by atoms with Gasteiger partial charge in [0, 0.05) is 11.8 Å². The average Bonchev–Trinajstić information content (AvgIpc) is 2.02. The Bertz CT molecular complexity index is 265. The smallest absolute Gasteiger partial charge is 0.237 e. The predicted octanol–water partition coefficient (Wildman–Crippen LogP) is -0.412. The number of ketones is 1. The molecule has 4 heteroatoms. The Balaban J connectivity index is 3.04. The molecule has 12 heavy (non-hydrogen) atoms. The Labute approximate surface area is 70.3 Å². The number of carbonyl (C=O) groups excluding carboxylic acids is 2. The van der Waals surface area contributed by atoms with E-state index < -0.39 is 5.41 Å². The van der Waals surface area contributed by atoms with Crippen LogP contribution in [-0.2, 0) is 9.59 Å². The van der Waals surface area contributed by atoms with Crippen LogP contribution >= 0.6 is 0 Å². The number of carbonyl (C=O) groups is 2. The highest BCUT2D eigenvalue weighted by molar-refractivity contribution is 6.15. The summed E-state index contributed by atoms with van der Waals surface area (Å²) in [6.07, 6.45) is 1.26. The number of aliphatic hydroxyl groups excluding tert-OH is 1. The van der Waals surface area contributed by atoms with Gasteiger partial charge in [0.1, 0.15) is 5.41 Å². The summed E-state index contributed by atoms with van der Waals surface area (Å²) in [6, 6.07) is 0. The fourth-order valence-electron chi connectivity index (χ4n) is 1.02. The van der Waals surface area contributed by atoms with Gasteiger partial charge in [0.25, 0.3) is 0 Å². The number of nitrogens with one attached hydrogen (secondary N) is 1. The van der Waals surface area contributed by atoms with E-state index in [1.54, 1.807) is 0 Å². The zero-order valence-corrected chi connectivity index (χ0v) is 7.05. The minimum Gasteiger partial charge on any atom is -0.391 e. The molecule has 0 radical (unpaired) electrons. The van der Waals surface area contributed by atoms with Gasteiger partial charge in [-0.05, 0) is 13.8 Å². The van der Waals surface area contributed by atoms with Gasteiger partial charge < -0.3 is 10.4 Å². The van der Waals surface area contributed by atoms with Crippen LogP contribution in [-0.4, -0.2) is 23.4 Å². The van der Waals surface area contributed by atoms with Gasteiger partial charge >= 0.3 is 0 Å². The number of rotatable bonds is 1. The van der Waals surface area contributed by atoms with Gasteiger partial charge in [0.15, 0.2) is 5.78 Å². The Morgan fingerprint density at radius 1 is 1.50 bits per heavy atom. The zero-order chi connectivity index (χ0) is 9.35. The third-order valence-corrected chi connectivity index (χ3v) is 1.97. The summed E-state index contributed by atoms with van der Waals surface area (Å²) in [5.74, 6) is -0.640. The molecule has 0 aromatic heterocycles. The molecule has 0 saturated carbocycles. The molecule has 0 aliphatic carbocycles. The third-order valence-electron chi connectivity index (χ3n) is 1.97. The highest BCUT2D eigenvalue weighted by atomic mass is 16.3. The standard InChI is InChI=1S/C8H11NO3/c1-8(2)6(11)5(4-10)3-9-7(8)12/h3,10H,4H2,1-2H3,(H,9,12). The Morgan fingerprint density at radius 3 is 2.58 bits per heavy atom. The van der Waals surface area contributed by atoms with Crippen LogP contribution in [0.3, 0.4) is 0 Å². The number of Topliss-reactive ketones (excluding diaryl/α,β-unsaturated/α-hetero) is 1. The van der Waals surface area contributed by atoms with E-state index in [-0.39, 0.29) is 23.9 Å². The molecule has 0 aromatic rings. The van der Waals surface area contributed by atoms with Crippen molar-refractivity contribution in [1.29, 1.82) is 0 Å². The van der Waals surface area contributed by atoms with E-state index in [0.717, 1.165) is 0 Å². The Morgan fingerprint density at radius 2 is 2.08 bits per heavy atom. The number of hydrogen-bond donors (Lipinski definition) is 2. The van der Waals surface area contributed by atoms with Crippen molar-refractivity contribution in [2.45, 2.75) is 13.8 Å². The minimum atomic E-state index is -1.05. The lowest BCUT2D eigenvalue weighted by molar-refractivity contribution is -0.138. The quantitative estimate of drug-likeness (QED) is 0.524. The van der Waals surface area contributed by atoms with Crippen molar-refractivity contribution in [2.24, 2.45) is 5.41 Å². The zero-order valence-electron chi connectivity index (χ0n) is 7.05. The summed E-state index contributed by atoms with van der Waals surface area (Å²) in [6.45, 7) is 2.74. The van der Waals surface area contributed by atoms with Crippen molar-refractivity contribution in [3.05, 3.63) is 11.8 Å². The van der Waals surface area contributed by atoms with Crippen molar-refractivity contribution < 1.29 is 14.7 Å². The SMILES string of the molecule is CC1(C)C(=O)NC=C(CO)C1=O. The fourth-order valence-corrected chi connectivity index (χ4v) is 1.02. The van der Waals surface area contributed by atoms with Crippen LogP contribution in [0.1, 0.15) is 13.8 Å². The first-order chi connectivity index (χ1) is 5.50. The molecular weight excluding hydrogens is 158 g/mol. The minimum absolute atomic E-state index is 0.250. The van der Waals surface area contributed by atoms with E-state index in [9.17, 15) is 9.59 Å². The third kappa shape index (κ3) is 1.14. The molecule has 0 aromatic carbocycles. The number of aliphatic hydroxyl groups is 1. The molecule has 0 atom stereocenters. The first-order valence-electron chi connectivity index (χ1n) is 3.66. The lowest BCUT2D eigenvalue weighted by Crippen LogP contribution is -2.45. The second-order valence-electron chi connectivity index (χ2n) is 3.26. The molecule has 2 N–H and O–H groups in total. The summed E-state index contributed by atoms with van der Waals surface area (Å²) >= 11 is 0. The van der Waals surface area contributed by atoms with Gasteiger partial charge in [0.2, 0.25) is 5.91 Å². The van der Waals surface area contributed by atoms with Crippen LogP contribution < -0.4 is 5.32 Å². The van der Waals surface area contributed by atoms with Gasteiger partial charge in [-0.15, -0.1) is 0 Å². The molecule has 0 fully saturated rings. The fraction of sp³-hybridized carbons (Fsp3) is 0.500. The van der Waals surface area contributed by atoms with Crippen molar-refractivity contribution in [3.63, 3.8) is 0 Å². The van der Waals surface area contributed by atoms with E-state index in [4.69, 9.17) is 5.11 Å². The Hall–Kier alpha value is -1.16. The summed E-state index contributed by atoms with van der Waals surface area (Å²) in [5.41, 5.74) is -0.799. The van der Waals surface area contributed by atoms with Crippen LogP contribution in [0.25, 0.3) is 0 Å². The molecule has 0 spiro atoms. The van der Waals surface area contributed by atoms with Gasteiger partial charge in [-0.2, -0.15) is 0 Å². The number of hydrogen-bond acceptors (Lipinski definition) is 3. The van der Waals surface area contributed by atoms with E-state index in [1.807, 2.05) is 0 Å². The molecule has 0 saturated heterocycles. The molecule has 1 aliphatic heterocycles. The van der Waals surface area contributed by atoms with Crippen LogP contribution in [0.5, 0.6) is 0 Å². The predicted molar refractivity (Wildman–Crippen MR) is 42.1 cm³/mol. The largest absolute Gasteiger partial charge is 0.391 e. The van der Waals surface area contributed by atoms with Crippen molar-refractivity contribution >= 4 is 11.7 Å².